The van der Waals surface area contributed by atoms with Crippen LogP contribution in [0.4, 0.5) is 0 Å². The molecule has 0 atom stereocenters. The molecular formula is C15H24BrNO. The topological polar surface area (TPSA) is 21.3 Å². The third-order valence-corrected chi connectivity index (χ3v) is 3.33. The smallest absolute Gasteiger partial charge is 0.126 e. The van der Waals surface area contributed by atoms with E-state index >= 15 is 0 Å². The fraction of sp³-hybridized carbons (Fsp3) is 0.600. The average Bonchev–Trinajstić information content (AvgIpc) is 2.34. The van der Waals surface area contributed by atoms with Gasteiger partial charge in [0.05, 0.1) is 6.61 Å². The molecule has 1 rings (SSSR count). The van der Waals surface area contributed by atoms with Crippen molar-refractivity contribution in [3.63, 3.8) is 0 Å². The predicted molar refractivity (Wildman–Crippen MR) is 81.3 cm³/mol. The van der Waals surface area contributed by atoms with Gasteiger partial charge in [-0.25, -0.2) is 0 Å². The van der Waals surface area contributed by atoms with Crippen LogP contribution in [0.3, 0.4) is 0 Å². The number of hydrogen-bond acceptors (Lipinski definition) is 2. The van der Waals surface area contributed by atoms with E-state index in [9.17, 15) is 0 Å². The molecule has 0 saturated carbocycles. The van der Waals surface area contributed by atoms with Crippen molar-refractivity contribution in [1.82, 2.24) is 5.32 Å². The Morgan fingerprint density at radius 1 is 1.22 bits per heavy atom. The van der Waals surface area contributed by atoms with Gasteiger partial charge in [-0.05, 0) is 37.6 Å². The molecule has 1 N–H and O–H groups in total. The minimum Gasteiger partial charge on any atom is -0.493 e. The van der Waals surface area contributed by atoms with E-state index < -0.39 is 0 Å². The SMILES string of the molecule is CCCCCOc1c(C)cc(Br)cc1CNCC. The first-order chi connectivity index (χ1) is 8.69. The Hall–Kier alpha value is -0.540. The van der Waals surface area contributed by atoms with Gasteiger partial charge in [0.15, 0.2) is 0 Å². The summed E-state index contributed by atoms with van der Waals surface area (Å²) < 4.78 is 7.08. The number of hydrogen-bond donors (Lipinski definition) is 1. The van der Waals surface area contributed by atoms with Crippen LogP contribution in [-0.2, 0) is 6.54 Å². The van der Waals surface area contributed by atoms with Crippen molar-refractivity contribution in [2.75, 3.05) is 13.2 Å². The number of aryl methyl sites for hydroxylation is 1. The van der Waals surface area contributed by atoms with E-state index in [4.69, 9.17) is 4.74 Å². The molecular weight excluding hydrogens is 290 g/mol. The fourth-order valence-electron chi connectivity index (χ4n) is 1.92. The Bertz CT molecular complexity index is 366. The van der Waals surface area contributed by atoms with E-state index in [1.807, 2.05) is 0 Å². The number of nitrogens with one attached hydrogen (secondary N) is 1. The number of benzene rings is 1. The Morgan fingerprint density at radius 2 is 2.00 bits per heavy atom. The van der Waals surface area contributed by atoms with E-state index in [2.05, 4.69) is 54.2 Å². The van der Waals surface area contributed by atoms with Crippen molar-refractivity contribution in [2.24, 2.45) is 0 Å². The third-order valence-electron chi connectivity index (χ3n) is 2.88. The van der Waals surface area contributed by atoms with Crippen LogP contribution in [-0.4, -0.2) is 13.2 Å². The summed E-state index contributed by atoms with van der Waals surface area (Å²) >= 11 is 3.55. The molecule has 0 unspecified atom stereocenters. The van der Waals surface area contributed by atoms with Gasteiger partial charge in [-0.15, -0.1) is 0 Å². The number of unbranched alkanes of at least 4 members (excludes halogenated alkanes) is 2. The molecule has 0 saturated heterocycles. The highest BCUT2D eigenvalue weighted by Crippen LogP contribution is 2.28. The summed E-state index contributed by atoms with van der Waals surface area (Å²) in [5.74, 6) is 1.05. The number of halogens is 1. The van der Waals surface area contributed by atoms with Gasteiger partial charge in [-0.1, -0.05) is 42.6 Å². The molecule has 3 heteroatoms. The highest BCUT2D eigenvalue weighted by molar-refractivity contribution is 9.10. The van der Waals surface area contributed by atoms with Crippen molar-refractivity contribution in [1.29, 1.82) is 0 Å². The molecule has 0 aromatic heterocycles. The Kier molecular flexibility index (Phi) is 7.36. The zero-order valence-corrected chi connectivity index (χ0v) is 13.3. The second-order valence-corrected chi connectivity index (χ2v) is 5.46. The molecule has 1 aromatic rings. The predicted octanol–water partition coefficient (Wildman–Crippen LogP) is 4.44. The van der Waals surface area contributed by atoms with Crippen molar-refractivity contribution in [2.45, 2.75) is 46.6 Å². The summed E-state index contributed by atoms with van der Waals surface area (Å²) in [6.07, 6.45) is 3.59. The lowest BCUT2D eigenvalue weighted by Crippen LogP contribution is -2.13. The molecule has 18 heavy (non-hydrogen) atoms. The Balaban J connectivity index is 2.72. The summed E-state index contributed by atoms with van der Waals surface area (Å²) in [5.41, 5.74) is 2.44. The van der Waals surface area contributed by atoms with E-state index in [1.165, 1.54) is 24.0 Å². The minimum atomic E-state index is 0.815. The third kappa shape index (κ3) is 4.99. The second-order valence-electron chi connectivity index (χ2n) is 4.55. The molecule has 0 amide bonds. The second kappa shape index (κ2) is 8.54. The zero-order chi connectivity index (χ0) is 13.4. The average molecular weight is 314 g/mol. The van der Waals surface area contributed by atoms with Gasteiger partial charge >= 0.3 is 0 Å². The maximum Gasteiger partial charge on any atom is 0.126 e. The lowest BCUT2D eigenvalue weighted by molar-refractivity contribution is 0.300. The van der Waals surface area contributed by atoms with E-state index in [1.54, 1.807) is 0 Å². The van der Waals surface area contributed by atoms with E-state index in [-0.39, 0.29) is 0 Å². The molecule has 0 fully saturated rings. The van der Waals surface area contributed by atoms with Gasteiger partial charge in [-0.3, -0.25) is 0 Å². The molecule has 0 heterocycles. The lowest BCUT2D eigenvalue weighted by atomic mass is 10.1. The zero-order valence-electron chi connectivity index (χ0n) is 11.7. The van der Waals surface area contributed by atoms with E-state index in [0.29, 0.717) is 0 Å². The maximum absolute atomic E-state index is 5.96. The molecule has 0 aliphatic rings. The lowest BCUT2D eigenvalue weighted by Gasteiger charge is -2.15. The van der Waals surface area contributed by atoms with Crippen LogP contribution in [0.5, 0.6) is 5.75 Å². The molecule has 102 valence electrons. The first-order valence-corrected chi connectivity index (χ1v) is 7.60. The Morgan fingerprint density at radius 3 is 2.67 bits per heavy atom. The first-order valence-electron chi connectivity index (χ1n) is 6.81. The van der Waals surface area contributed by atoms with Crippen molar-refractivity contribution in [3.05, 3.63) is 27.7 Å². The molecule has 0 bridgehead atoms. The normalized spacial score (nSPS) is 10.7. The molecule has 0 spiro atoms. The minimum absolute atomic E-state index is 0.815. The summed E-state index contributed by atoms with van der Waals surface area (Å²) in [7, 11) is 0. The summed E-state index contributed by atoms with van der Waals surface area (Å²) in [5, 5.41) is 3.36. The van der Waals surface area contributed by atoms with Crippen LogP contribution in [0.25, 0.3) is 0 Å². The summed E-state index contributed by atoms with van der Waals surface area (Å²) in [6.45, 7) is 9.08. The summed E-state index contributed by atoms with van der Waals surface area (Å²) in [6, 6.07) is 4.26. The van der Waals surface area contributed by atoms with Gasteiger partial charge in [0, 0.05) is 16.6 Å². The van der Waals surface area contributed by atoms with Crippen LogP contribution in [0.15, 0.2) is 16.6 Å². The van der Waals surface area contributed by atoms with Gasteiger partial charge in [0.25, 0.3) is 0 Å². The van der Waals surface area contributed by atoms with Crippen molar-refractivity contribution in [3.8, 4) is 5.75 Å². The van der Waals surface area contributed by atoms with Gasteiger partial charge in [0.2, 0.25) is 0 Å². The molecule has 0 radical (unpaired) electrons. The highest BCUT2D eigenvalue weighted by Gasteiger charge is 2.08. The quantitative estimate of drug-likeness (QED) is 0.717. The van der Waals surface area contributed by atoms with Gasteiger partial charge < -0.3 is 10.1 Å². The van der Waals surface area contributed by atoms with Gasteiger partial charge in [0.1, 0.15) is 5.75 Å². The van der Waals surface area contributed by atoms with Crippen LogP contribution in [0.2, 0.25) is 0 Å². The number of rotatable bonds is 8. The van der Waals surface area contributed by atoms with Crippen LogP contribution >= 0.6 is 15.9 Å². The molecule has 0 aliphatic carbocycles. The van der Waals surface area contributed by atoms with E-state index in [0.717, 1.165) is 36.3 Å². The van der Waals surface area contributed by atoms with Crippen LogP contribution in [0.1, 0.15) is 44.2 Å². The van der Waals surface area contributed by atoms with Crippen LogP contribution < -0.4 is 10.1 Å². The largest absolute Gasteiger partial charge is 0.493 e. The number of ether oxygens (including phenoxy) is 1. The highest BCUT2D eigenvalue weighted by atomic mass is 79.9. The molecule has 1 aromatic carbocycles. The monoisotopic (exact) mass is 313 g/mol. The molecule has 0 aliphatic heterocycles. The maximum atomic E-state index is 5.96. The standard InChI is InChI=1S/C15H24BrNO/c1-4-6-7-8-18-15-12(3)9-14(16)10-13(15)11-17-5-2/h9-10,17H,4-8,11H2,1-3H3. The van der Waals surface area contributed by atoms with Crippen molar-refractivity contribution < 1.29 is 4.74 Å². The fourth-order valence-corrected chi connectivity index (χ4v) is 2.54. The Labute approximate surface area is 119 Å². The first kappa shape index (κ1) is 15.5. The molecule has 2 nitrogen and oxygen atoms in total. The summed E-state index contributed by atoms with van der Waals surface area (Å²) in [4.78, 5) is 0. The van der Waals surface area contributed by atoms with Gasteiger partial charge in [-0.2, -0.15) is 0 Å². The van der Waals surface area contributed by atoms with Crippen LogP contribution in [0, 0.1) is 6.92 Å². The van der Waals surface area contributed by atoms with Crippen molar-refractivity contribution >= 4 is 15.9 Å².